The van der Waals surface area contributed by atoms with Crippen LogP contribution in [0.4, 0.5) is 10.1 Å². The fourth-order valence-electron chi connectivity index (χ4n) is 1.81. The summed E-state index contributed by atoms with van der Waals surface area (Å²) in [6.45, 7) is 0. The third kappa shape index (κ3) is 1.95. The molecule has 0 atom stereocenters. The summed E-state index contributed by atoms with van der Waals surface area (Å²) in [5.74, 6) is -0.852. The quantitative estimate of drug-likeness (QED) is 0.716. The Kier molecular flexibility index (Phi) is 2.52. The molecule has 94 valence electrons. The maximum Gasteiger partial charge on any atom is 0.246 e. The number of carbonyl (C=O) groups excluding carboxylic acids is 1. The molecule has 2 aromatic heterocycles. The van der Waals surface area contributed by atoms with E-state index in [2.05, 4.69) is 4.98 Å². The second kappa shape index (κ2) is 4.20. The van der Waals surface area contributed by atoms with E-state index in [1.165, 1.54) is 24.4 Å². The van der Waals surface area contributed by atoms with Crippen molar-refractivity contribution in [3.05, 3.63) is 59.9 Å². The lowest BCUT2D eigenvalue weighted by Gasteiger charge is -1.97. The highest BCUT2D eigenvalue weighted by molar-refractivity contribution is 6.07. The Bertz CT molecular complexity index is 763. The van der Waals surface area contributed by atoms with Crippen molar-refractivity contribution in [3.8, 4) is 0 Å². The number of para-hydroxylation sites is 1. The summed E-state index contributed by atoms with van der Waals surface area (Å²) in [5, 5.41) is 0.541. The van der Waals surface area contributed by atoms with Gasteiger partial charge in [0, 0.05) is 5.39 Å². The highest BCUT2D eigenvalue weighted by Crippen LogP contribution is 2.23. The molecule has 3 rings (SSSR count). The molecule has 0 aliphatic heterocycles. The van der Waals surface area contributed by atoms with Gasteiger partial charge in [-0.25, -0.2) is 4.39 Å². The van der Waals surface area contributed by atoms with Crippen molar-refractivity contribution in [2.75, 3.05) is 5.73 Å². The van der Waals surface area contributed by atoms with Crippen LogP contribution in [0.15, 0.2) is 47.0 Å². The van der Waals surface area contributed by atoms with Gasteiger partial charge in [0.25, 0.3) is 0 Å². The summed E-state index contributed by atoms with van der Waals surface area (Å²) >= 11 is 0. The van der Waals surface area contributed by atoms with Crippen molar-refractivity contribution < 1.29 is 13.6 Å². The van der Waals surface area contributed by atoms with Crippen LogP contribution in [-0.4, -0.2) is 10.8 Å². The van der Waals surface area contributed by atoms with Crippen molar-refractivity contribution in [2.45, 2.75) is 0 Å². The number of halogens is 1. The summed E-state index contributed by atoms with van der Waals surface area (Å²) in [4.78, 5) is 16.0. The second-order valence-electron chi connectivity index (χ2n) is 4.07. The first-order valence-corrected chi connectivity index (χ1v) is 5.59. The first-order chi connectivity index (χ1) is 9.15. The molecule has 0 amide bonds. The van der Waals surface area contributed by atoms with Gasteiger partial charge in [-0.2, -0.15) is 0 Å². The van der Waals surface area contributed by atoms with Crippen molar-refractivity contribution in [2.24, 2.45) is 0 Å². The maximum atomic E-state index is 13.5. The number of ketones is 1. The summed E-state index contributed by atoms with van der Waals surface area (Å²) in [7, 11) is 0. The number of nitrogens with two attached hydrogens (primary N) is 1. The molecular formula is C14H9FN2O2. The number of aromatic nitrogens is 1. The van der Waals surface area contributed by atoms with Gasteiger partial charge in [0.05, 0.1) is 11.9 Å². The van der Waals surface area contributed by atoms with Crippen LogP contribution < -0.4 is 5.73 Å². The van der Waals surface area contributed by atoms with Crippen molar-refractivity contribution in [1.82, 2.24) is 4.98 Å². The number of hydrogen-bond donors (Lipinski definition) is 1. The molecule has 0 aliphatic carbocycles. The lowest BCUT2D eigenvalue weighted by atomic mass is 10.2. The van der Waals surface area contributed by atoms with E-state index in [-0.39, 0.29) is 17.0 Å². The van der Waals surface area contributed by atoms with Crippen LogP contribution in [0, 0.1) is 5.82 Å². The van der Waals surface area contributed by atoms with E-state index in [0.717, 1.165) is 0 Å². The molecule has 1 aromatic carbocycles. The average Bonchev–Trinajstić information content (AvgIpc) is 2.84. The topological polar surface area (TPSA) is 69.1 Å². The molecule has 0 aliphatic rings. The van der Waals surface area contributed by atoms with E-state index < -0.39 is 11.6 Å². The van der Waals surface area contributed by atoms with Gasteiger partial charge in [-0.1, -0.05) is 12.1 Å². The molecule has 0 spiro atoms. The van der Waals surface area contributed by atoms with E-state index in [4.69, 9.17) is 10.2 Å². The molecule has 3 aromatic rings. The van der Waals surface area contributed by atoms with Crippen LogP contribution in [0.1, 0.15) is 16.2 Å². The Labute approximate surface area is 107 Å². The fraction of sp³-hybridized carbons (Fsp3) is 0. The Morgan fingerprint density at radius 1 is 1.26 bits per heavy atom. The number of fused-ring (bicyclic) bond motifs is 1. The molecule has 0 fully saturated rings. The Hall–Kier alpha value is -2.69. The first-order valence-electron chi connectivity index (χ1n) is 5.59. The molecule has 0 saturated heterocycles. The number of furan rings is 1. The van der Waals surface area contributed by atoms with Crippen LogP contribution in [-0.2, 0) is 0 Å². The predicted molar refractivity (Wildman–Crippen MR) is 68.3 cm³/mol. The summed E-state index contributed by atoms with van der Waals surface area (Å²) < 4.78 is 18.7. The Morgan fingerprint density at radius 3 is 2.79 bits per heavy atom. The van der Waals surface area contributed by atoms with E-state index in [0.29, 0.717) is 11.1 Å². The van der Waals surface area contributed by atoms with Gasteiger partial charge in [0.1, 0.15) is 5.69 Å². The fourth-order valence-corrected chi connectivity index (χ4v) is 1.81. The standard InChI is InChI=1S/C14H9FN2O2/c15-10-3-1-2-8-6-12(19-14(8)10)13(18)11-5-4-9(16)7-17-11/h1-7H,16H2. The maximum absolute atomic E-state index is 13.5. The smallest absolute Gasteiger partial charge is 0.246 e. The molecule has 0 radical (unpaired) electrons. The number of hydrogen-bond acceptors (Lipinski definition) is 4. The number of anilines is 1. The number of rotatable bonds is 2. The molecule has 4 nitrogen and oxygen atoms in total. The first kappa shape index (κ1) is 11.4. The Balaban J connectivity index is 2.06. The normalized spacial score (nSPS) is 10.8. The third-order valence-corrected chi connectivity index (χ3v) is 2.74. The monoisotopic (exact) mass is 256 g/mol. The van der Waals surface area contributed by atoms with E-state index in [9.17, 15) is 9.18 Å². The van der Waals surface area contributed by atoms with Gasteiger partial charge in [0.15, 0.2) is 17.2 Å². The zero-order valence-corrected chi connectivity index (χ0v) is 9.76. The molecule has 0 unspecified atom stereocenters. The number of benzene rings is 1. The van der Waals surface area contributed by atoms with Crippen LogP contribution in [0.2, 0.25) is 0 Å². The molecule has 0 saturated carbocycles. The van der Waals surface area contributed by atoms with Crippen LogP contribution in [0.5, 0.6) is 0 Å². The van der Waals surface area contributed by atoms with Gasteiger partial charge in [-0.3, -0.25) is 9.78 Å². The third-order valence-electron chi connectivity index (χ3n) is 2.74. The number of pyridine rings is 1. The molecule has 2 heterocycles. The van der Waals surface area contributed by atoms with Gasteiger partial charge >= 0.3 is 0 Å². The van der Waals surface area contributed by atoms with Gasteiger partial charge in [0.2, 0.25) is 5.78 Å². The van der Waals surface area contributed by atoms with Gasteiger partial charge < -0.3 is 10.2 Å². The zero-order chi connectivity index (χ0) is 13.4. The number of nitrogen functional groups attached to an aromatic ring is 1. The van der Waals surface area contributed by atoms with Gasteiger partial charge in [-0.05, 0) is 24.3 Å². The van der Waals surface area contributed by atoms with Crippen LogP contribution >= 0.6 is 0 Å². The highest BCUT2D eigenvalue weighted by atomic mass is 19.1. The molecule has 2 N–H and O–H groups in total. The molecule has 0 bridgehead atoms. The van der Waals surface area contributed by atoms with Crippen LogP contribution in [0.25, 0.3) is 11.0 Å². The minimum absolute atomic E-state index is 0.0531. The number of nitrogens with zero attached hydrogens (tertiary/aromatic N) is 1. The highest BCUT2D eigenvalue weighted by Gasteiger charge is 2.17. The van der Waals surface area contributed by atoms with E-state index in [1.54, 1.807) is 18.2 Å². The second-order valence-corrected chi connectivity index (χ2v) is 4.07. The SMILES string of the molecule is Nc1ccc(C(=O)c2cc3cccc(F)c3o2)nc1. The van der Waals surface area contributed by atoms with Crippen molar-refractivity contribution in [1.29, 1.82) is 0 Å². The molecular weight excluding hydrogens is 247 g/mol. The van der Waals surface area contributed by atoms with E-state index in [1.807, 2.05) is 0 Å². The Morgan fingerprint density at radius 2 is 2.11 bits per heavy atom. The largest absolute Gasteiger partial charge is 0.449 e. The van der Waals surface area contributed by atoms with Crippen LogP contribution in [0.3, 0.4) is 0 Å². The minimum atomic E-state index is -0.498. The van der Waals surface area contributed by atoms with Crippen molar-refractivity contribution >= 4 is 22.4 Å². The predicted octanol–water partition coefficient (Wildman–Crippen LogP) is 2.78. The molecule has 5 heteroatoms. The summed E-state index contributed by atoms with van der Waals surface area (Å²) in [6, 6.07) is 9.09. The lowest BCUT2D eigenvalue weighted by molar-refractivity contribution is 0.101. The van der Waals surface area contributed by atoms with E-state index >= 15 is 0 Å². The summed E-state index contributed by atoms with van der Waals surface area (Å²) in [5.41, 5.74) is 6.24. The minimum Gasteiger partial charge on any atom is -0.449 e. The average molecular weight is 256 g/mol. The number of carbonyl (C=O) groups is 1. The zero-order valence-electron chi connectivity index (χ0n) is 9.76. The summed E-state index contributed by atoms with van der Waals surface area (Å²) in [6.07, 6.45) is 1.39. The lowest BCUT2D eigenvalue weighted by Crippen LogP contribution is -2.02. The molecule has 19 heavy (non-hydrogen) atoms. The van der Waals surface area contributed by atoms with Gasteiger partial charge in [-0.15, -0.1) is 0 Å². The van der Waals surface area contributed by atoms with Crippen molar-refractivity contribution in [3.63, 3.8) is 0 Å².